The first-order valence-electron chi connectivity index (χ1n) is 7.89. The summed E-state index contributed by atoms with van der Waals surface area (Å²) in [6.07, 6.45) is 3.88. The number of aromatic nitrogens is 3. The molecule has 0 bridgehead atoms. The van der Waals surface area contributed by atoms with Crippen molar-refractivity contribution in [3.63, 3.8) is 0 Å². The van der Waals surface area contributed by atoms with Crippen LogP contribution in [0.4, 0.5) is 4.39 Å². The summed E-state index contributed by atoms with van der Waals surface area (Å²) in [4.78, 5) is 4.03. The molecule has 0 radical (unpaired) electrons. The van der Waals surface area contributed by atoms with Gasteiger partial charge in [-0.15, -0.1) is 0 Å². The van der Waals surface area contributed by atoms with Crippen LogP contribution in [0.1, 0.15) is 31.0 Å². The fourth-order valence-corrected chi connectivity index (χ4v) is 4.33. The molecule has 0 saturated carbocycles. The summed E-state index contributed by atoms with van der Waals surface area (Å²) >= 11 is 0. The normalized spacial score (nSPS) is 13.0. The van der Waals surface area contributed by atoms with Crippen molar-refractivity contribution >= 4 is 15.7 Å². The van der Waals surface area contributed by atoms with E-state index >= 15 is 0 Å². The van der Waals surface area contributed by atoms with Gasteiger partial charge in [0.15, 0.2) is 5.65 Å². The number of nitriles is 1. The van der Waals surface area contributed by atoms with E-state index in [4.69, 9.17) is 5.26 Å². The molecule has 0 unspecified atom stereocenters. The third-order valence-corrected chi connectivity index (χ3v) is 6.15. The molecule has 9 heteroatoms. The van der Waals surface area contributed by atoms with E-state index in [9.17, 15) is 12.8 Å². The molecule has 134 valence electrons. The van der Waals surface area contributed by atoms with Crippen molar-refractivity contribution in [3.05, 3.63) is 59.8 Å². The molecule has 0 aliphatic carbocycles. The number of rotatable bonds is 5. The Balaban J connectivity index is 2.01. The highest BCUT2D eigenvalue weighted by Gasteiger charge is 2.29. The number of benzene rings is 1. The maximum atomic E-state index is 13.1. The lowest BCUT2D eigenvalue weighted by Gasteiger charge is -2.27. The Bertz CT molecular complexity index is 1090. The van der Waals surface area contributed by atoms with Crippen LogP contribution >= 0.6 is 0 Å². The molecule has 2 aromatic heterocycles. The van der Waals surface area contributed by atoms with Gasteiger partial charge >= 0.3 is 0 Å². The van der Waals surface area contributed by atoms with Gasteiger partial charge in [0.05, 0.1) is 18.6 Å². The molecule has 0 spiro atoms. The number of hydrogen-bond acceptors (Lipinski definition) is 5. The van der Waals surface area contributed by atoms with Crippen molar-refractivity contribution in [3.8, 4) is 6.07 Å². The lowest BCUT2D eigenvalue weighted by Crippen LogP contribution is -2.33. The Kier molecular flexibility index (Phi) is 4.71. The first-order valence-corrected chi connectivity index (χ1v) is 9.33. The number of halogens is 1. The zero-order valence-corrected chi connectivity index (χ0v) is 15.0. The van der Waals surface area contributed by atoms with Crippen molar-refractivity contribution in [1.29, 1.82) is 5.26 Å². The van der Waals surface area contributed by atoms with Crippen molar-refractivity contribution in [1.82, 2.24) is 18.9 Å². The molecule has 3 rings (SSSR count). The van der Waals surface area contributed by atoms with Crippen LogP contribution in [0.3, 0.4) is 0 Å². The highest BCUT2D eigenvalue weighted by Crippen LogP contribution is 2.27. The summed E-state index contributed by atoms with van der Waals surface area (Å²) in [5.74, 6) is -0.381. The molecule has 0 N–H and O–H groups in total. The van der Waals surface area contributed by atoms with Gasteiger partial charge in [0.25, 0.3) is 0 Å². The Labute approximate surface area is 150 Å². The van der Waals surface area contributed by atoms with Crippen molar-refractivity contribution < 1.29 is 12.8 Å². The second-order valence-electron chi connectivity index (χ2n) is 5.66. The van der Waals surface area contributed by atoms with Gasteiger partial charge in [0.2, 0.25) is 10.0 Å². The number of sulfonamides is 1. The highest BCUT2D eigenvalue weighted by atomic mass is 32.2. The predicted octanol–water partition coefficient (Wildman–Crippen LogP) is 2.51. The molecule has 26 heavy (non-hydrogen) atoms. The molecule has 3 aromatic rings. The minimum atomic E-state index is -3.86. The smallest absolute Gasteiger partial charge is 0.234 e. The third-order valence-electron chi connectivity index (χ3n) is 4.16. The van der Waals surface area contributed by atoms with Crippen LogP contribution in [0.15, 0.2) is 47.8 Å². The molecule has 0 aliphatic heterocycles. The van der Waals surface area contributed by atoms with Crippen LogP contribution < -0.4 is 0 Å². The predicted molar refractivity (Wildman–Crippen MR) is 92.1 cm³/mol. The van der Waals surface area contributed by atoms with Gasteiger partial charge < -0.3 is 0 Å². The van der Waals surface area contributed by atoms with E-state index in [0.29, 0.717) is 11.2 Å². The van der Waals surface area contributed by atoms with Crippen LogP contribution in [-0.2, 0) is 10.0 Å². The second kappa shape index (κ2) is 6.82. The van der Waals surface area contributed by atoms with Gasteiger partial charge in [-0.3, -0.25) is 0 Å². The van der Waals surface area contributed by atoms with E-state index in [1.165, 1.54) is 39.5 Å². The molecule has 0 amide bonds. The van der Waals surface area contributed by atoms with Gasteiger partial charge in [-0.25, -0.2) is 22.3 Å². The van der Waals surface area contributed by atoms with Gasteiger partial charge in [0, 0.05) is 12.6 Å². The monoisotopic (exact) mass is 373 g/mol. The summed E-state index contributed by atoms with van der Waals surface area (Å²) < 4.78 is 41.8. The van der Waals surface area contributed by atoms with E-state index in [1.54, 1.807) is 26.0 Å². The fourth-order valence-electron chi connectivity index (χ4n) is 2.76. The van der Waals surface area contributed by atoms with Crippen molar-refractivity contribution in [2.45, 2.75) is 24.8 Å². The molecule has 0 fully saturated rings. The molecular weight excluding hydrogens is 357 g/mol. The minimum absolute atomic E-state index is 0.0339. The quantitative estimate of drug-likeness (QED) is 0.685. The molecule has 7 nitrogen and oxygen atoms in total. The SMILES string of the molecule is CCN([C@@H](C)c1ccc(F)cc1)S(=O)(=O)c1cnc2c(C#N)cnn2c1. The summed E-state index contributed by atoms with van der Waals surface area (Å²) in [7, 11) is -3.86. The van der Waals surface area contributed by atoms with E-state index in [1.807, 2.05) is 6.07 Å². The minimum Gasteiger partial charge on any atom is -0.234 e. The summed E-state index contributed by atoms with van der Waals surface area (Å²) in [6.45, 7) is 3.69. The van der Waals surface area contributed by atoms with E-state index < -0.39 is 16.1 Å². The maximum Gasteiger partial charge on any atom is 0.246 e. The number of hydrogen-bond donors (Lipinski definition) is 0. The largest absolute Gasteiger partial charge is 0.246 e. The summed E-state index contributed by atoms with van der Waals surface area (Å²) in [5.41, 5.74) is 1.23. The van der Waals surface area contributed by atoms with Crippen LogP contribution in [-0.4, -0.2) is 33.9 Å². The van der Waals surface area contributed by atoms with E-state index in [0.717, 1.165) is 0 Å². The topological polar surface area (TPSA) is 91.4 Å². The second-order valence-corrected chi connectivity index (χ2v) is 7.55. The molecule has 1 aromatic carbocycles. The summed E-state index contributed by atoms with van der Waals surface area (Å²) in [6, 6.07) is 7.18. The lowest BCUT2D eigenvalue weighted by atomic mass is 10.1. The third kappa shape index (κ3) is 3.05. The molecular formula is C17H16FN5O2S. The Hall–Kier alpha value is -2.83. The maximum absolute atomic E-state index is 13.1. The first kappa shape index (κ1) is 18.0. The first-order chi connectivity index (χ1) is 12.4. The standard InChI is InChI=1S/C17H16FN5O2S/c1-3-23(12(2)13-4-6-15(18)7-5-13)26(24,25)16-10-20-17-14(8-19)9-21-22(17)11-16/h4-7,9-12H,3H2,1-2H3/t12-/m0/s1. The Morgan fingerprint density at radius 1 is 1.31 bits per heavy atom. The van der Waals surface area contributed by atoms with Crippen LogP contribution in [0.25, 0.3) is 5.65 Å². The van der Waals surface area contributed by atoms with Gasteiger partial charge in [0.1, 0.15) is 22.3 Å². The molecule has 0 aliphatic rings. The average Bonchev–Trinajstić information content (AvgIpc) is 3.05. The number of fused-ring (bicyclic) bond motifs is 1. The fraction of sp³-hybridized carbons (Fsp3) is 0.235. The van der Waals surface area contributed by atoms with Crippen LogP contribution in [0, 0.1) is 17.1 Å². The zero-order valence-electron chi connectivity index (χ0n) is 14.2. The van der Waals surface area contributed by atoms with Crippen molar-refractivity contribution in [2.75, 3.05) is 6.54 Å². The lowest BCUT2D eigenvalue weighted by molar-refractivity contribution is 0.356. The number of nitrogens with zero attached hydrogens (tertiary/aromatic N) is 5. The average molecular weight is 373 g/mol. The van der Waals surface area contributed by atoms with Gasteiger partial charge in [-0.2, -0.15) is 14.7 Å². The summed E-state index contributed by atoms with van der Waals surface area (Å²) in [5, 5.41) is 13.0. The van der Waals surface area contributed by atoms with E-state index in [-0.39, 0.29) is 22.8 Å². The zero-order chi connectivity index (χ0) is 18.9. The van der Waals surface area contributed by atoms with E-state index in [2.05, 4.69) is 10.1 Å². The van der Waals surface area contributed by atoms with Crippen molar-refractivity contribution in [2.24, 2.45) is 0 Å². The Morgan fingerprint density at radius 2 is 2.00 bits per heavy atom. The highest BCUT2D eigenvalue weighted by molar-refractivity contribution is 7.89. The molecule has 1 atom stereocenters. The van der Waals surface area contributed by atoms with Crippen LogP contribution in [0.2, 0.25) is 0 Å². The molecule has 2 heterocycles. The molecule has 0 saturated heterocycles. The van der Waals surface area contributed by atoms with Crippen LogP contribution in [0.5, 0.6) is 0 Å². The van der Waals surface area contributed by atoms with Gasteiger partial charge in [-0.1, -0.05) is 19.1 Å². The Morgan fingerprint density at radius 3 is 2.62 bits per heavy atom. The van der Waals surface area contributed by atoms with Gasteiger partial charge in [-0.05, 0) is 24.6 Å².